The molecule has 0 amide bonds. The summed E-state index contributed by atoms with van der Waals surface area (Å²) in [6, 6.07) is 5.80. The number of halogens is 1. The summed E-state index contributed by atoms with van der Waals surface area (Å²) >= 11 is 0. The summed E-state index contributed by atoms with van der Waals surface area (Å²) in [6.45, 7) is 5.46. The molecule has 0 bridgehead atoms. The molecule has 1 atom stereocenters. The molecule has 1 fully saturated rings. The molecule has 3 rings (SSSR count). The van der Waals surface area contributed by atoms with E-state index in [1.165, 1.54) is 0 Å². The van der Waals surface area contributed by atoms with Crippen LogP contribution >= 0.6 is 0 Å². The van der Waals surface area contributed by atoms with Crippen LogP contribution in [0.25, 0.3) is 0 Å². The molecule has 5 heteroatoms. The molecule has 4 nitrogen and oxygen atoms in total. The summed E-state index contributed by atoms with van der Waals surface area (Å²) in [4.78, 5) is 10.6. The predicted molar refractivity (Wildman–Crippen MR) is 92.9 cm³/mol. The van der Waals surface area contributed by atoms with Crippen molar-refractivity contribution in [3.8, 4) is 0 Å². The van der Waals surface area contributed by atoms with E-state index < -0.39 is 0 Å². The van der Waals surface area contributed by atoms with Crippen LogP contribution in [0.2, 0.25) is 0 Å². The van der Waals surface area contributed by atoms with Gasteiger partial charge < -0.3 is 5.32 Å². The average Bonchev–Trinajstić information content (AvgIpc) is 2.88. The van der Waals surface area contributed by atoms with Gasteiger partial charge in [-0.25, -0.2) is 14.4 Å². The topological polar surface area (TPSA) is 41.1 Å². The van der Waals surface area contributed by atoms with Crippen molar-refractivity contribution in [1.29, 1.82) is 0 Å². The lowest BCUT2D eigenvalue weighted by Crippen LogP contribution is -2.35. The Balaban J connectivity index is 1.81. The summed E-state index contributed by atoms with van der Waals surface area (Å²) in [5.74, 6) is -0.123. The van der Waals surface area contributed by atoms with Crippen LogP contribution in [0.1, 0.15) is 36.0 Å². The van der Waals surface area contributed by atoms with Crippen LogP contribution in [0.3, 0.4) is 0 Å². The van der Waals surface area contributed by atoms with E-state index >= 15 is 0 Å². The zero-order chi connectivity index (χ0) is 16.8. The van der Waals surface area contributed by atoms with Crippen molar-refractivity contribution in [2.45, 2.75) is 45.3 Å². The van der Waals surface area contributed by atoms with Crippen LogP contribution in [0.5, 0.6) is 0 Å². The Morgan fingerprint density at radius 1 is 1.17 bits per heavy atom. The molecule has 24 heavy (non-hydrogen) atoms. The minimum Gasteiger partial charge on any atom is -0.317 e. The summed E-state index contributed by atoms with van der Waals surface area (Å²) < 4.78 is 14.3. The van der Waals surface area contributed by atoms with Crippen molar-refractivity contribution in [2.24, 2.45) is 0 Å². The van der Waals surface area contributed by atoms with E-state index in [1.807, 2.05) is 31.5 Å². The third-order valence-electron chi connectivity index (χ3n) is 4.64. The molecule has 0 aliphatic carbocycles. The van der Waals surface area contributed by atoms with Crippen LogP contribution in [0.15, 0.2) is 36.9 Å². The number of hydrogen-bond acceptors (Lipinski definition) is 4. The summed E-state index contributed by atoms with van der Waals surface area (Å²) in [5.41, 5.74) is 2.93. The van der Waals surface area contributed by atoms with E-state index in [1.54, 1.807) is 12.4 Å². The number of aromatic nitrogens is 2. The van der Waals surface area contributed by atoms with Gasteiger partial charge in [-0.1, -0.05) is 17.7 Å². The molecule has 1 aliphatic heterocycles. The largest absolute Gasteiger partial charge is 0.317 e. The Hall–Kier alpha value is -1.85. The minimum atomic E-state index is -0.123. The van der Waals surface area contributed by atoms with Gasteiger partial charge in [0.2, 0.25) is 0 Å². The molecule has 2 aromatic rings. The zero-order valence-electron chi connectivity index (χ0n) is 14.2. The van der Waals surface area contributed by atoms with E-state index in [-0.39, 0.29) is 5.82 Å². The van der Waals surface area contributed by atoms with Crippen molar-refractivity contribution < 1.29 is 4.39 Å². The fourth-order valence-corrected chi connectivity index (χ4v) is 3.37. The second-order valence-electron chi connectivity index (χ2n) is 6.58. The number of benzene rings is 1. The van der Waals surface area contributed by atoms with Crippen LogP contribution in [-0.2, 0) is 13.1 Å². The van der Waals surface area contributed by atoms with Gasteiger partial charge in [0.05, 0.1) is 0 Å². The first-order valence-electron chi connectivity index (χ1n) is 8.66. The van der Waals surface area contributed by atoms with Gasteiger partial charge >= 0.3 is 0 Å². The van der Waals surface area contributed by atoms with Gasteiger partial charge in [-0.05, 0) is 45.3 Å². The van der Waals surface area contributed by atoms with Gasteiger partial charge in [-0.3, -0.25) is 4.90 Å². The van der Waals surface area contributed by atoms with Crippen molar-refractivity contribution in [3.05, 3.63) is 59.4 Å². The Bertz CT molecular complexity index is 639. The van der Waals surface area contributed by atoms with Crippen LogP contribution in [0.4, 0.5) is 4.39 Å². The standard InChI is InChI=1S/C19H25FN4/c1-15-4-5-19(20)17(9-15)13-24(12-16-10-22-14-23-11-16)18-3-2-7-21-8-6-18/h4-5,9-11,14,18,21H,2-3,6-8,12-13H2,1H3/t18-/m1/s1. The fraction of sp³-hybridized carbons (Fsp3) is 0.474. The highest BCUT2D eigenvalue weighted by molar-refractivity contribution is 5.24. The first-order chi connectivity index (χ1) is 11.7. The Morgan fingerprint density at radius 2 is 2.00 bits per heavy atom. The van der Waals surface area contributed by atoms with Gasteiger partial charge in [-0.15, -0.1) is 0 Å². The third-order valence-corrected chi connectivity index (χ3v) is 4.64. The molecule has 1 aromatic heterocycles. The van der Waals surface area contributed by atoms with Gasteiger partial charge in [0.1, 0.15) is 12.1 Å². The number of aryl methyl sites for hydroxylation is 1. The van der Waals surface area contributed by atoms with E-state index in [0.29, 0.717) is 12.6 Å². The molecule has 0 unspecified atom stereocenters. The molecule has 1 saturated heterocycles. The fourth-order valence-electron chi connectivity index (χ4n) is 3.37. The van der Waals surface area contributed by atoms with Gasteiger partial charge in [0.25, 0.3) is 0 Å². The maximum absolute atomic E-state index is 14.3. The highest BCUT2D eigenvalue weighted by Gasteiger charge is 2.21. The third kappa shape index (κ3) is 4.58. The molecular weight excluding hydrogens is 303 g/mol. The minimum absolute atomic E-state index is 0.123. The van der Waals surface area contributed by atoms with Crippen LogP contribution in [0, 0.1) is 12.7 Å². The lowest BCUT2D eigenvalue weighted by atomic mass is 10.0. The van der Waals surface area contributed by atoms with E-state index in [0.717, 1.165) is 55.6 Å². The molecule has 1 aromatic carbocycles. The summed E-state index contributed by atoms with van der Waals surface area (Å²) in [6.07, 6.45) is 8.62. The molecule has 1 N–H and O–H groups in total. The van der Waals surface area contributed by atoms with Gasteiger partial charge in [0.15, 0.2) is 0 Å². The van der Waals surface area contributed by atoms with E-state index in [4.69, 9.17) is 0 Å². The predicted octanol–water partition coefficient (Wildman–Crippen LogP) is 3.07. The quantitative estimate of drug-likeness (QED) is 0.916. The number of nitrogens with zero attached hydrogens (tertiary/aromatic N) is 3. The summed E-state index contributed by atoms with van der Waals surface area (Å²) in [7, 11) is 0. The molecular formula is C19H25FN4. The highest BCUT2D eigenvalue weighted by atomic mass is 19.1. The molecule has 128 valence electrons. The Morgan fingerprint density at radius 3 is 2.83 bits per heavy atom. The average molecular weight is 328 g/mol. The second-order valence-corrected chi connectivity index (χ2v) is 6.58. The first-order valence-corrected chi connectivity index (χ1v) is 8.66. The first kappa shape index (κ1) is 17.0. The maximum Gasteiger partial charge on any atom is 0.127 e. The van der Waals surface area contributed by atoms with Crippen molar-refractivity contribution in [1.82, 2.24) is 20.2 Å². The van der Waals surface area contributed by atoms with E-state index in [9.17, 15) is 4.39 Å². The number of nitrogens with one attached hydrogen (secondary N) is 1. The molecule has 1 aliphatic rings. The van der Waals surface area contributed by atoms with Crippen LogP contribution < -0.4 is 5.32 Å². The molecule has 0 radical (unpaired) electrons. The smallest absolute Gasteiger partial charge is 0.127 e. The van der Waals surface area contributed by atoms with Gasteiger partial charge in [0, 0.05) is 42.7 Å². The van der Waals surface area contributed by atoms with Crippen molar-refractivity contribution >= 4 is 0 Å². The van der Waals surface area contributed by atoms with Crippen molar-refractivity contribution in [2.75, 3.05) is 13.1 Å². The maximum atomic E-state index is 14.3. The lowest BCUT2D eigenvalue weighted by Gasteiger charge is -2.31. The van der Waals surface area contributed by atoms with E-state index in [2.05, 4.69) is 20.2 Å². The normalized spacial score (nSPS) is 18.5. The Labute approximate surface area is 143 Å². The summed E-state index contributed by atoms with van der Waals surface area (Å²) in [5, 5.41) is 3.45. The molecule has 2 heterocycles. The zero-order valence-corrected chi connectivity index (χ0v) is 14.2. The lowest BCUT2D eigenvalue weighted by molar-refractivity contribution is 0.162. The SMILES string of the molecule is Cc1ccc(F)c(CN(Cc2cncnc2)[C@@H]2CCCNCC2)c1. The van der Waals surface area contributed by atoms with Crippen LogP contribution in [-0.4, -0.2) is 34.0 Å². The second kappa shape index (κ2) is 8.31. The molecule has 0 spiro atoms. The number of hydrogen-bond donors (Lipinski definition) is 1. The number of rotatable bonds is 5. The Kier molecular flexibility index (Phi) is 5.88. The van der Waals surface area contributed by atoms with Crippen molar-refractivity contribution in [3.63, 3.8) is 0 Å². The monoisotopic (exact) mass is 328 g/mol. The molecule has 0 saturated carbocycles. The highest BCUT2D eigenvalue weighted by Crippen LogP contribution is 2.21. The van der Waals surface area contributed by atoms with Gasteiger partial charge in [-0.2, -0.15) is 0 Å².